The van der Waals surface area contributed by atoms with E-state index in [9.17, 15) is 14.4 Å². The van der Waals surface area contributed by atoms with Crippen LogP contribution in [0.25, 0.3) is 0 Å². The molecular weight excluding hydrogens is 406 g/mol. The maximum atomic E-state index is 12.3. The molecule has 3 amide bonds. The third-order valence-corrected chi connectivity index (χ3v) is 5.21. The molecule has 7 nitrogen and oxygen atoms in total. The summed E-state index contributed by atoms with van der Waals surface area (Å²) in [5.41, 5.74) is 2.79. The number of hydrogen-bond donors (Lipinski definition) is 1. The Labute approximate surface area is 186 Å². The minimum atomic E-state index is -0.295. The van der Waals surface area contributed by atoms with Crippen LogP contribution in [0.1, 0.15) is 44.7 Å². The van der Waals surface area contributed by atoms with Gasteiger partial charge in [0, 0.05) is 37.5 Å². The Balaban J connectivity index is 1.18. The second-order valence-corrected chi connectivity index (χ2v) is 7.48. The molecule has 0 saturated heterocycles. The van der Waals surface area contributed by atoms with Gasteiger partial charge in [0.2, 0.25) is 5.91 Å². The van der Waals surface area contributed by atoms with Gasteiger partial charge in [-0.2, -0.15) is 0 Å². The summed E-state index contributed by atoms with van der Waals surface area (Å²) < 4.78 is 5.73. The number of amides is 3. The van der Waals surface area contributed by atoms with Crippen LogP contribution in [0.2, 0.25) is 0 Å². The van der Waals surface area contributed by atoms with E-state index in [0.29, 0.717) is 30.7 Å². The average molecular weight is 429 g/mol. The van der Waals surface area contributed by atoms with E-state index in [2.05, 4.69) is 10.3 Å². The Morgan fingerprint density at radius 1 is 0.906 bits per heavy atom. The fraction of sp³-hybridized carbons (Fsp3) is 0.200. The number of ether oxygens (including phenoxy) is 1. The Morgan fingerprint density at radius 2 is 1.62 bits per heavy atom. The number of pyridine rings is 1. The number of hydrogen-bond acceptors (Lipinski definition) is 5. The van der Waals surface area contributed by atoms with Gasteiger partial charge >= 0.3 is 0 Å². The molecule has 0 saturated carbocycles. The SMILES string of the molecule is O=C(CCCN1C(=O)c2ccccc2C1=O)NCc1ccc(OCc2cccnc2)cc1. The Bertz CT molecular complexity index is 1080. The second kappa shape index (κ2) is 9.87. The van der Waals surface area contributed by atoms with E-state index >= 15 is 0 Å². The van der Waals surface area contributed by atoms with Crippen molar-refractivity contribution in [1.82, 2.24) is 15.2 Å². The molecule has 7 heteroatoms. The van der Waals surface area contributed by atoms with Gasteiger partial charge in [0.05, 0.1) is 11.1 Å². The van der Waals surface area contributed by atoms with Crippen molar-refractivity contribution in [3.63, 3.8) is 0 Å². The van der Waals surface area contributed by atoms with Crippen molar-refractivity contribution in [3.05, 3.63) is 95.3 Å². The molecule has 2 heterocycles. The standard InChI is InChI=1S/C25H23N3O4/c29-23(8-4-14-28-24(30)21-6-1-2-7-22(21)25(28)31)27-16-18-9-11-20(12-10-18)32-17-19-5-3-13-26-15-19/h1-3,5-7,9-13,15H,4,8,14,16-17H2,(H,27,29). The van der Waals surface area contributed by atoms with Gasteiger partial charge in [0.15, 0.2) is 0 Å². The van der Waals surface area contributed by atoms with Crippen molar-refractivity contribution in [2.24, 2.45) is 0 Å². The molecule has 1 aliphatic rings. The quantitative estimate of drug-likeness (QED) is 0.527. The largest absolute Gasteiger partial charge is 0.489 e. The van der Waals surface area contributed by atoms with Crippen molar-refractivity contribution >= 4 is 17.7 Å². The number of carbonyl (C=O) groups is 3. The number of aromatic nitrogens is 1. The molecule has 0 atom stereocenters. The molecule has 0 fully saturated rings. The number of nitrogens with zero attached hydrogens (tertiary/aromatic N) is 2. The molecule has 1 aromatic heterocycles. The maximum Gasteiger partial charge on any atom is 0.261 e. The first-order chi connectivity index (χ1) is 15.6. The minimum absolute atomic E-state index is 0.126. The van der Waals surface area contributed by atoms with Crippen LogP contribution in [0.5, 0.6) is 5.75 Å². The van der Waals surface area contributed by atoms with E-state index in [0.717, 1.165) is 16.9 Å². The van der Waals surface area contributed by atoms with E-state index in [1.165, 1.54) is 4.90 Å². The van der Waals surface area contributed by atoms with Crippen molar-refractivity contribution in [1.29, 1.82) is 0 Å². The fourth-order valence-corrected chi connectivity index (χ4v) is 3.48. The lowest BCUT2D eigenvalue weighted by Crippen LogP contribution is -2.32. The first-order valence-corrected chi connectivity index (χ1v) is 10.4. The van der Waals surface area contributed by atoms with Gasteiger partial charge in [-0.15, -0.1) is 0 Å². The number of benzene rings is 2. The highest BCUT2D eigenvalue weighted by Gasteiger charge is 2.34. The summed E-state index contributed by atoms with van der Waals surface area (Å²) in [5, 5.41) is 2.86. The Hall–Kier alpha value is -4.00. The molecule has 1 N–H and O–H groups in total. The van der Waals surface area contributed by atoms with Crippen LogP contribution in [-0.2, 0) is 17.9 Å². The monoisotopic (exact) mass is 429 g/mol. The third kappa shape index (κ3) is 5.00. The van der Waals surface area contributed by atoms with Crippen molar-refractivity contribution in [2.45, 2.75) is 26.0 Å². The van der Waals surface area contributed by atoms with Crippen LogP contribution >= 0.6 is 0 Å². The minimum Gasteiger partial charge on any atom is -0.489 e. The molecule has 0 aliphatic carbocycles. The van der Waals surface area contributed by atoms with E-state index in [-0.39, 0.29) is 30.7 Å². The lowest BCUT2D eigenvalue weighted by Gasteiger charge is -2.13. The second-order valence-electron chi connectivity index (χ2n) is 7.48. The van der Waals surface area contributed by atoms with Crippen molar-refractivity contribution in [2.75, 3.05) is 6.54 Å². The summed E-state index contributed by atoms with van der Waals surface area (Å²) in [7, 11) is 0. The van der Waals surface area contributed by atoms with Crippen LogP contribution < -0.4 is 10.1 Å². The van der Waals surface area contributed by atoms with Crippen LogP contribution in [0, 0.1) is 0 Å². The van der Waals surface area contributed by atoms with Gasteiger partial charge in [-0.1, -0.05) is 30.3 Å². The first-order valence-electron chi connectivity index (χ1n) is 10.4. The molecule has 4 rings (SSSR count). The number of fused-ring (bicyclic) bond motifs is 1. The van der Waals surface area contributed by atoms with Gasteiger partial charge < -0.3 is 10.1 Å². The zero-order valence-corrected chi connectivity index (χ0v) is 17.5. The summed E-state index contributed by atoms with van der Waals surface area (Å²) in [4.78, 5) is 42.1. The van der Waals surface area contributed by atoms with Crippen LogP contribution in [0.3, 0.4) is 0 Å². The molecular formula is C25H23N3O4. The topological polar surface area (TPSA) is 88.6 Å². The van der Waals surface area contributed by atoms with Gasteiger partial charge in [-0.3, -0.25) is 24.3 Å². The van der Waals surface area contributed by atoms with E-state index in [1.54, 1.807) is 36.7 Å². The lowest BCUT2D eigenvalue weighted by atomic mass is 10.1. The smallest absolute Gasteiger partial charge is 0.261 e. The van der Waals surface area contributed by atoms with Crippen LogP contribution in [0.4, 0.5) is 0 Å². The summed E-state index contributed by atoms with van der Waals surface area (Å²) >= 11 is 0. The number of rotatable bonds is 9. The van der Waals surface area contributed by atoms with Crippen LogP contribution in [0.15, 0.2) is 73.1 Å². The number of nitrogens with one attached hydrogen (secondary N) is 1. The Morgan fingerprint density at radius 3 is 2.28 bits per heavy atom. The zero-order chi connectivity index (χ0) is 22.3. The molecule has 2 aromatic carbocycles. The predicted molar refractivity (Wildman–Crippen MR) is 118 cm³/mol. The van der Waals surface area contributed by atoms with E-state index in [1.807, 2.05) is 36.4 Å². The third-order valence-electron chi connectivity index (χ3n) is 5.21. The molecule has 0 radical (unpaired) electrons. The molecule has 0 spiro atoms. The highest BCUT2D eigenvalue weighted by atomic mass is 16.5. The van der Waals surface area contributed by atoms with Crippen molar-refractivity contribution < 1.29 is 19.1 Å². The van der Waals surface area contributed by atoms with Gasteiger partial charge in [-0.05, 0) is 42.3 Å². The molecule has 1 aliphatic heterocycles. The molecule has 0 unspecified atom stereocenters. The summed E-state index contributed by atoms with van der Waals surface area (Å²) in [6.45, 7) is 1.06. The summed E-state index contributed by atoms with van der Waals surface area (Å²) in [6.07, 6.45) is 4.13. The van der Waals surface area contributed by atoms with Gasteiger partial charge in [0.25, 0.3) is 11.8 Å². The zero-order valence-electron chi connectivity index (χ0n) is 17.5. The molecule has 3 aromatic rings. The normalized spacial score (nSPS) is 12.6. The average Bonchev–Trinajstić information content (AvgIpc) is 3.08. The maximum absolute atomic E-state index is 12.3. The van der Waals surface area contributed by atoms with Crippen molar-refractivity contribution in [3.8, 4) is 5.75 Å². The predicted octanol–water partition coefficient (Wildman–Crippen LogP) is 3.35. The first kappa shape index (κ1) is 21.2. The fourth-order valence-electron chi connectivity index (χ4n) is 3.48. The highest BCUT2D eigenvalue weighted by Crippen LogP contribution is 2.22. The molecule has 0 bridgehead atoms. The van der Waals surface area contributed by atoms with Gasteiger partial charge in [0.1, 0.15) is 12.4 Å². The Kier molecular flexibility index (Phi) is 6.55. The summed E-state index contributed by atoms with van der Waals surface area (Å²) in [6, 6.07) is 18.1. The van der Waals surface area contributed by atoms with E-state index in [4.69, 9.17) is 4.74 Å². The number of carbonyl (C=O) groups excluding carboxylic acids is 3. The highest BCUT2D eigenvalue weighted by molar-refractivity contribution is 6.21. The molecule has 162 valence electrons. The van der Waals surface area contributed by atoms with Crippen LogP contribution in [-0.4, -0.2) is 34.2 Å². The molecule has 32 heavy (non-hydrogen) atoms. The summed E-state index contributed by atoms with van der Waals surface area (Å²) in [5.74, 6) is 0.0251. The lowest BCUT2D eigenvalue weighted by molar-refractivity contribution is -0.121. The van der Waals surface area contributed by atoms with Gasteiger partial charge in [-0.25, -0.2) is 0 Å². The number of imide groups is 1. The van der Waals surface area contributed by atoms with E-state index < -0.39 is 0 Å².